The van der Waals surface area contributed by atoms with Crippen molar-refractivity contribution < 1.29 is 14.3 Å². The Bertz CT molecular complexity index is 767. The number of ether oxygens (including phenoxy) is 1. The Kier molecular flexibility index (Phi) is 3.77. The maximum atomic E-state index is 13.4. The van der Waals surface area contributed by atoms with Gasteiger partial charge in [-0.25, -0.2) is 0 Å². The first-order valence-corrected chi connectivity index (χ1v) is 9.42. The Balaban J connectivity index is 1.76. The van der Waals surface area contributed by atoms with E-state index in [1.54, 1.807) is 0 Å². The molecule has 0 amide bonds. The smallest absolute Gasteiger partial charge is 0.154 e. The van der Waals surface area contributed by atoms with Crippen LogP contribution in [-0.4, -0.2) is 23.3 Å². The molecule has 1 saturated carbocycles. The molecule has 0 N–H and O–H groups in total. The van der Waals surface area contributed by atoms with E-state index in [1.165, 1.54) is 5.56 Å². The highest BCUT2D eigenvalue weighted by Gasteiger charge is 2.67. The normalized spacial score (nSPS) is 35.7. The minimum absolute atomic E-state index is 0.0674. The van der Waals surface area contributed by atoms with Crippen LogP contribution < -0.4 is 0 Å². The van der Waals surface area contributed by atoms with Crippen LogP contribution in [0.25, 0.3) is 0 Å². The number of rotatable bonds is 4. The summed E-state index contributed by atoms with van der Waals surface area (Å²) in [6, 6.07) is 4.15. The average molecular weight is 338 g/mol. The molecule has 2 aliphatic heterocycles. The van der Waals surface area contributed by atoms with E-state index < -0.39 is 11.5 Å². The summed E-state index contributed by atoms with van der Waals surface area (Å²) < 4.78 is 6.18. The van der Waals surface area contributed by atoms with E-state index in [9.17, 15) is 9.59 Å². The molecule has 1 unspecified atom stereocenters. The monoisotopic (exact) mass is 338 g/mol. The van der Waals surface area contributed by atoms with Crippen LogP contribution in [0.4, 0.5) is 0 Å². The number of aryl methyl sites for hydroxylation is 3. The van der Waals surface area contributed by atoms with Crippen molar-refractivity contribution in [2.24, 2.45) is 11.8 Å². The van der Waals surface area contributed by atoms with Gasteiger partial charge in [-0.1, -0.05) is 49.6 Å². The van der Waals surface area contributed by atoms with Gasteiger partial charge in [-0.15, -0.1) is 0 Å². The zero-order valence-electron chi connectivity index (χ0n) is 15.5. The number of ketones is 2. The van der Waals surface area contributed by atoms with E-state index in [4.69, 9.17) is 4.74 Å². The van der Waals surface area contributed by atoms with Crippen LogP contribution in [-0.2, 0) is 14.3 Å². The lowest BCUT2D eigenvalue weighted by Gasteiger charge is -2.29. The molecule has 1 saturated heterocycles. The summed E-state index contributed by atoms with van der Waals surface area (Å²) in [6.07, 6.45) is 6.76. The minimum Gasteiger partial charge on any atom is -0.362 e. The van der Waals surface area contributed by atoms with E-state index in [0.717, 1.165) is 36.0 Å². The third kappa shape index (κ3) is 2.21. The van der Waals surface area contributed by atoms with E-state index in [-0.39, 0.29) is 29.5 Å². The number of carbonyl (C=O) groups excluding carboxylic acids is 2. The second kappa shape index (κ2) is 5.63. The molecule has 5 atom stereocenters. The Morgan fingerprint density at radius 2 is 1.76 bits per heavy atom. The lowest BCUT2D eigenvalue weighted by molar-refractivity contribution is -0.129. The number of fused-ring (bicyclic) bond motifs is 5. The van der Waals surface area contributed by atoms with Crippen LogP contribution in [0.2, 0.25) is 0 Å². The Labute approximate surface area is 149 Å². The number of unbranched alkanes of at least 4 members (excludes halogenated alkanes) is 1. The van der Waals surface area contributed by atoms with Crippen molar-refractivity contribution in [3.8, 4) is 0 Å². The van der Waals surface area contributed by atoms with Crippen LogP contribution in [0, 0.1) is 32.6 Å². The lowest BCUT2D eigenvalue weighted by atomic mass is 9.74. The third-order valence-corrected chi connectivity index (χ3v) is 6.31. The molecule has 3 nitrogen and oxygen atoms in total. The molecule has 25 heavy (non-hydrogen) atoms. The van der Waals surface area contributed by atoms with Gasteiger partial charge in [-0.2, -0.15) is 0 Å². The lowest BCUT2D eigenvalue weighted by Crippen LogP contribution is -2.38. The SMILES string of the molecule is CCCC[C@]12C=C[C@H](O1)[C@@H]1C(=O)C(c3c(C)cc(C)cc3C)C(=O)[C@@H]12. The van der Waals surface area contributed by atoms with Crippen molar-refractivity contribution in [2.45, 2.75) is 64.6 Å². The van der Waals surface area contributed by atoms with E-state index in [1.807, 2.05) is 19.9 Å². The molecular weight excluding hydrogens is 312 g/mol. The number of benzene rings is 1. The fourth-order valence-corrected chi connectivity index (χ4v) is 5.39. The van der Waals surface area contributed by atoms with E-state index >= 15 is 0 Å². The molecule has 3 aliphatic rings. The molecule has 4 rings (SSSR count). The van der Waals surface area contributed by atoms with Gasteiger partial charge in [0.25, 0.3) is 0 Å². The summed E-state index contributed by atoms with van der Waals surface area (Å²) >= 11 is 0. The molecule has 0 spiro atoms. The predicted molar refractivity (Wildman–Crippen MR) is 96.7 cm³/mol. The third-order valence-electron chi connectivity index (χ3n) is 6.31. The molecular formula is C22H26O3. The zero-order valence-corrected chi connectivity index (χ0v) is 15.5. The van der Waals surface area contributed by atoms with E-state index in [2.05, 4.69) is 32.1 Å². The van der Waals surface area contributed by atoms with Gasteiger partial charge >= 0.3 is 0 Å². The Hall–Kier alpha value is -1.74. The number of hydrogen-bond acceptors (Lipinski definition) is 3. The number of carbonyl (C=O) groups is 2. The van der Waals surface area contributed by atoms with Crippen molar-refractivity contribution in [3.05, 3.63) is 46.5 Å². The van der Waals surface area contributed by atoms with Gasteiger partial charge < -0.3 is 4.74 Å². The highest BCUT2D eigenvalue weighted by Crippen LogP contribution is 2.57. The van der Waals surface area contributed by atoms with Gasteiger partial charge in [0.15, 0.2) is 11.6 Å². The quantitative estimate of drug-likeness (QED) is 0.616. The van der Waals surface area contributed by atoms with Gasteiger partial charge in [0.1, 0.15) is 5.92 Å². The van der Waals surface area contributed by atoms with Crippen molar-refractivity contribution in [3.63, 3.8) is 0 Å². The largest absolute Gasteiger partial charge is 0.362 e. The molecule has 1 aromatic rings. The molecule has 1 aromatic carbocycles. The second-order valence-electron chi connectivity index (χ2n) is 8.05. The molecule has 0 aromatic heterocycles. The topological polar surface area (TPSA) is 43.4 Å². The van der Waals surface area contributed by atoms with Crippen LogP contribution in [0.5, 0.6) is 0 Å². The number of hydrogen-bond donors (Lipinski definition) is 0. The standard InChI is InChI=1S/C22H26O3/c1-5-6-8-22-9-7-15(25-22)17-19(22)21(24)18(20(17)23)16-13(3)10-12(2)11-14(16)4/h7,9-11,15,17-19H,5-6,8H2,1-4H3/t15-,17-,18?,19+,22+/m0/s1. The van der Waals surface area contributed by atoms with Crippen molar-refractivity contribution in [1.82, 2.24) is 0 Å². The molecule has 2 heterocycles. The van der Waals surface area contributed by atoms with Crippen molar-refractivity contribution in [1.29, 1.82) is 0 Å². The maximum Gasteiger partial charge on any atom is 0.154 e. The Morgan fingerprint density at radius 3 is 2.40 bits per heavy atom. The maximum absolute atomic E-state index is 13.4. The van der Waals surface area contributed by atoms with Gasteiger partial charge in [-0.3, -0.25) is 9.59 Å². The van der Waals surface area contributed by atoms with Gasteiger partial charge in [0, 0.05) is 0 Å². The first-order chi connectivity index (χ1) is 11.9. The van der Waals surface area contributed by atoms with Gasteiger partial charge in [0.05, 0.1) is 23.5 Å². The van der Waals surface area contributed by atoms with E-state index in [0.29, 0.717) is 0 Å². The summed E-state index contributed by atoms with van der Waals surface area (Å²) in [7, 11) is 0. The minimum atomic E-state index is -0.608. The summed E-state index contributed by atoms with van der Waals surface area (Å²) in [5.74, 6) is -1.06. The fourth-order valence-electron chi connectivity index (χ4n) is 5.39. The second-order valence-corrected chi connectivity index (χ2v) is 8.05. The molecule has 132 valence electrons. The zero-order chi connectivity index (χ0) is 17.9. The van der Waals surface area contributed by atoms with Crippen LogP contribution in [0.3, 0.4) is 0 Å². The Morgan fingerprint density at radius 1 is 1.08 bits per heavy atom. The van der Waals surface area contributed by atoms with Crippen LogP contribution >= 0.6 is 0 Å². The van der Waals surface area contributed by atoms with Crippen LogP contribution in [0.15, 0.2) is 24.3 Å². The first-order valence-electron chi connectivity index (χ1n) is 9.42. The van der Waals surface area contributed by atoms with Gasteiger partial charge in [-0.05, 0) is 43.9 Å². The summed E-state index contributed by atoms with van der Waals surface area (Å²) in [5.41, 5.74) is 3.65. The van der Waals surface area contributed by atoms with Crippen molar-refractivity contribution >= 4 is 11.6 Å². The summed E-state index contributed by atoms with van der Waals surface area (Å²) in [6.45, 7) is 8.22. The summed E-state index contributed by atoms with van der Waals surface area (Å²) in [4.78, 5) is 26.7. The predicted octanol–water partition coefficient (Wildman–Crippen LogP) is 3.98. The molecule has 2 fully saturated rings. The highest BCUT2D eigenvalue weighted by atomic mass is 16.5. The first kappa shape index (κ1) is 16.7. The van der Waals surface area contributed by atoms with Gasteiger partial charge in [0.2, 0.25) is 0 Å². The molecule has 3 heteroatoms. The fraction of sp³-hybridized carbons (Fsp3) is 0.545. The molecule has 2 bridgehead atoms. The average Bonchev–Trinajstić information content (AvgIpc) is 3.18. The van der Waals surface area contributed by atoms with Crippen LogP contribution in [0.1, 0.15) is 54.4 Å². The number of Topliss-reactive ketones (excluding diaryl/α,β-unsaturated/α-hetero) is 2. The molecule has 1 aliphatic carbocycles. The van der Waals surface area contributed by atoms with Crippen molar-refractivity contribution in [2.75, 3.05) is 0 Å². The summed E-state index contributed by atoms with van der Waals surface area (Å²) in [5, 5.41) is 0. The highest BCUT2D eigenvalue weighted by molar-refractivity contribution is 6.17. The molecule has 0 radical (unpaired) electrons.